The molecule has 1 amide bonds. The van der Waals surface area contributed by atoms with Gasteiger partial charge in [0.15, 0.2) is 0 Å². The van der Waals surface area contributed by atoms with Crippen molar-refractivity contribution in [2.45, 2.75) is 26.3 Å². The van der Waals surface area contributed by atoms with Crippen LogP contribution in [-0.4, -0.2) is 26.1 Å². The Balaban J connectivity index is 0.00000324. The van der Waals surface area contributed by atoms with Crippen LogP contribution < -0.4 is 15.4 Å². The van der Waals surface area contributed by atoms with Gasteiger partial charge in [-0.05, 0) is 38.6 Å². The summed E-state index contributed by atoms with van der Waals surface area (Å²) < 4.78 is 5.44. The van der Waals surface area contributed by atoms with Crippen molar-refractivity contribution in [1.82, 2.24) is 10.6 Å². The highest BCUT2D eigenvalue weighted by Gasteiger charge is 2.09. The number of hydrogen-bond donors (Lipinski definition) is 2. The van der Waals surface area contributed by atoms with E-state index in [-0.39, 0.29) is 24.4 Å². The smallest absolute Gasteiger partial charge is 0.221 e. The van der Waals surface area contributed by atoms with Crippen LogP contribution in [-0.2, 0) is 4.79 Å². The van der Waals surface area contributed by atoms with Crippen LogP contribution in [0.4, 0.5) is 0 Å². The number of ether oxygens (including phenoxy) is 1. The summed E-state index contributed by atoms with van der Waals surface area (Å²) in [6, 6.07) is 7.81. The van der Waals surface area contributed by atoms with E-state index in [4.69, 9.17) is 4.74 Å². The molecule has 2 N–H and O–H groups in total. The van der Waals surface area contributed by atoms with E-state index in [0.29, 0.717) is 19.6 Å². The van der Waals surface area contributed by atoms with Crippen LogP contribution in [0.15, 0.2) is 24.3 Å². The van der Waals surface area contributed by atoms with Crippen LogP contribution in [0.5, 0.6) is 5.75 Å². The molecule has 0 saturated heterocycles. The van der Waals surface area contributed by atoms with Crippen molar-refractivity contribution in [2.75, 3.05) is 20.2 Å². The lowest BCUT2D eigenvalue weighted by atomic mass is 10.1. The molecule has 0 aliphatic rings. The third-order valence-corrected chi connectivity index (χ3v) is 2.65. The molecule has 1 unspecified atom stereocenters. The fourth-order valence-corrected chi connectivity index (χ4v) is 1.68. The van der Waals surface area contributed by atoms with Crippen molar-refractivity contribution in [3.05, 3.63) is 29.8 Å². The highest BCUT2D eigenvalue weighted by atomic mass is 35.5. The fraction of sp³-hybridized carbons (Fsp3) is 0.500. The van der Waals surface area contributed by atoms with Crippen LogP contribution in [0, 0.1) is 0 Å². The summed E-state index contributed by atoms with van der Waals surface area (Å²) in [4.78, 5) is 11.6. The average molecular weight is 287 g/mol. The Kier molecular flexibility index (Phi) is 9.00. The largest absolute Gasteiger partial charge is 0.494 e. The number of rotatable bonds is 7. The summed E-state index contributed by atoms with van der Waals surface area (Å²) >= 11 is 0. The van der Waals surface area contributed by atoms with Gasteiger partial charge in [0.25, 0.3) is 0 Å². The summed E-state index contributed by atoms with van der Waals surface area (Å²) in [6.45, 7) is 5.27. The molecule has 0 fully saturated rings. The van der Waals surface area contributed by atoms with Crippen molar-refractivity contribution in [2.24, 2.45) is 0 Å². The predicted octanol–water partition coefficient (Wildman–Crippen LogP) is 2.29. The van der Waals surface area contributed by atoms with Gasteiger partial charge in [-0.2, -0.15) is 0 Å². The Bertz CT molecular complexity index is 385. The van der Waals surface area contributed by atoms with Gasteiger partial charge in [0.05, 0.1) is 12.6 Å². The second-order valence-electron chi connectivity index (χ2n) is 4.15. The summed E-state index contributed by atoms with van der Waals surface area (Å²) in [5.74, 6) is 0.894. The van der Waals surface area contributed by atoms with Crippen LogP contribution in [0.2, 0.25) is 0 Å². The van der Waals surface area contributed by atoms with E-state index in [9.17, 15) is 4.79 Å². The maximum Gasteiger partial charge on any atom is 0.221 e. The fourth-order valence-electron chi connectivity index (χ4n) is 1.68. The van der Waals surface area contributed by atoms with E-state index in [1.165, 1.54) is 0 Å². The lowest BCUT2D eigenvalue weighted by Gasteiger charge is -2.15. The molecule has 0 radical (unpaired) electrons. The normalized spacial score (nSPS) is 11.3. The van der Waals surface area contributed by atoms with E-state index in [0.717, 1.165) is 11.3 Å². The Morgan fingerprint density at radius 1 is 1.42 bits per heavy atom. The zero-order valence-corrected chi connectivity index (χ0v) is 12.5. The van der Waals surface area contributed by atoms with Gasteiger partial charge < -0.3 is 15.4 Å². The number of amides is 1. The maximum absolute atomic E-state index is 11.6. The topological polar surface area (TPSA) is 50.4 Å². The first-order valence-corrected chi connectivity index (χ1v) is 6.34. The van der Waals surface area contributed by atoms with Gasteiger partial charge in [0.2, 0.25) is 5.91 Å². The van der Waals surface area contributed by atoms with Crippen molar-refractivity contribution in [3.63, 3.8) is 0 Å². The maximum atomic E-state index is 11.6. The molecule has 0 aromatic heterocycles. The van der Waals surface area contributed by atoms with Crippen molar-refractivity contribution >= 4 is 18.3 Å². The minimum absolute atomic E-state index is 0. The van der Waals surface area contributed by atoms with Gasteiger partial charge in [-0.3, -0.25) is 4.79 Å². The Morgan fingerprint density at radius 3 is 2.79 bits per heavy atom. The van der Waals surface area contributed by atoms with Crippen molar-refractivity contribution in [3.8, 4) is 5.75 Å². The first-order valence-electron chi connectivity index (χ1n) is 6.34. The highest BCUT2D eigenvalue weighted by Crippen LogP contribution is 2.19. The monoisotopic (exact) mass is 286 g/mol. The first kappa shape index (κ1) is 17.7. The van der Waals surface area contributed by atoms with Gasteiger partial charge in [-0.15, -0.1) is 12.4 Å². The molecule has 19 heavy (non-hydrogen) atoms. The number of benzene rings is 1. The molecule has 0 saturated carbocycles. The minimum Gasteiger partial charge on any atom is -0.494 e. The zero-order chi connectivity index (χ0) is 13.4. The molecule has 1 rings (SSSR count). The second-order valence-corrected chi connectivity index (χ2v) is 4.15. The van der Waals surface area contributed by atoms with Crippen LogP contribution in [0.25, 0.3) is 0 Å². The molecular weight excluding hydrogens is 264 g/mol. The van der Waals surface area contributed by atoms with E-state index in [1.54, 1.807) is 0 Å². The van der Waals surface area contributed by atoms with Gasteiger partial charge >= 0.3 is 0 Å². The zero-order valence-electron chi connectivity index (χ0n) is 11.7. The predicted molar refractivity (Wildman–Crippen MR) is 80.0 cm³/mol. The lowest BCUT2D eigenvalue weighted by molar-refractivity contribution is -0.121. The lowest BCUT2D eigenvalue weighted by Crippen LogP contribution is -2.29. The number of nitrogens with one attached hydrogen (secondary N) is 2. The molecule has 1 aromatic rings. The average Bonchev–Trinajstić information content (AvgIpc) is 2.37. The summed E-state index contributed by atoms with van der Waals surface area (Å²) in [5, 5.41) is 5.92. The molecule has 0 aliphatic carbocycles. The number of halogens is 1. The molecular formula is C14H23ClN2O2. The molecule has 108 valence electrons. The van der Waals surface area contributed by atoms with Crippen molar-refractivity contribution in [1.29, 1.82) is 0 Å². The molecule has 0 heterocycles. The molecule has 5 heteroatoms. The van der Waals surface area contributed by atoms with Crippen LogP contribution >= 0.6 is 12.4 Å². The Labute approximate surface area is 121 Å². The van der Waals surface area contributed by atoms with Gasteiger partial charge in [0, 0.05) is 13.0 Å². The molecule has 0 bridgehead atoms. The van der Waals surface area contributed by atoms with Crippen LogP contribution in [0.1, 0.15) is 31.9 Å². The summed E-state index contributed by atoms with van der Waals surface area (Å²) in [6.07, 6.45) is 0.492. The van der Waals surface area contributed by atoms with Gasteiger partial charge in [-0.1, -0.05) is 12.1 Å². The summed E-state index contributed by atoms with van der Waals surface area (Å²) in [7, 11) is 1.84. The van der Waals surface area contributed by atoms with Gasteiger partial charge in [0.1, 0.15) is 5.75 Å². The standard InChI is InChI=1S/C14H22N2O2.ClH/c1-4-18-13-7-5-6-12(10-13)11(2)16-14(17)8-9-15-3;/h5-7,10-11,15H,4,8-9H2,1-3H3,(H,16,17);1H. The van der Waals surface area contributed by atoms with Gasteiger partial charge in [-0.25, -0.2) is 0 Å². The SMILES string of the molecule is CCOc1cccc(C(C)NC(=O)CCNC)c1.Cl. The highest BCUT2D eigenvalue weighted by molar-refractivity contribution is 5.85. The quantitative estimate of drug-likeness (QED) is 0.809. The Morgan fingerprint density at radius 2 is 2.16 bits per heavy atom. The number of carbonyl (C=O) groups is 1. The van der Waals surface area contributed by atoms with E-state index in [2.05, 4.69) is 10.6 Å². The van der Waals surface area contributed by atoms with E-state index < -0.39 is 0 Å². The summed E-state index contributed by atoms with van der Waals surface area (Å²) in [5.41, 5.74) is 1.05. The first-order chi connectivity index (χ1) is 8.67. The van der Waals surface area contributed by atoms with Crippen LogP contribution in [0.3, 0.4) is 0 Å². The molecule has 4 nitrogen and oxygen atoms in total. The van der Waals surface area contributed by atoms with Crippen molar-refractivity contribution < 1.29 is 9.53 Å². The molecule has 1 atom stereocenters. The molecule has 0 spiro atoms. The molecule has 0 aliphatic heterocycles. The van der Waals surface area contributed by atoms with E-state index >= 15 is 0 Å². The number of carbonyl (C=O) groups excluding carboxylic acids is 1. The third-order valence-electron chi connectivity index (χ3n) is 2.65. The van der Waals surface area contributed by atoms with E-state index in [1.807, 2.05) is 45.2 Å². The minimum atomic E-state index is -0.00485. The second kappa shape index (κ2) is 9.64. The number of hydrogen-bond acceptors (Lipinski definition) is 3. The Hall–Kier alpha value is -1.26. The third kappa shape index (κ3) is 6.45. The molecule has 1 aromatic carbocycles.